The van der Waals surface area contributed by atoms with Crippen molar-refractivity contribution in [2.45, 2.75) is 31.2 Å². The SMILES string of the molecule is CCc1cnc(C(C)NS(=O)(=O)c2cc(F)ccc2N)s1. The molecule has 1 heterocycles. The minimum atomic E-state index is -3.91. The molecule has 0 saturated heterocycles. The molecule has 0 aliphatic heterocycles. The number of benzene rings is 1. The van der Waals surface area contributed by atoms with Crippen LogP contribution in [0, 0.1) is 5.82 Å². The molecule has 0 radical (unpaired) electrons. The summed E-state index contributed by atoms with van der Waals surface area (Å²) in [4.78, 5) is 5.00. The van der Waals surface area contributed by atoms with Crippen molar-refractivity contribution in [1.82, 2.24) is 9.71 Å². The summed E-state index contributed by atoms with van der Waals surface area (Å²) in [6.07, 6.45) is 2.56. The smallest absolute Gasteiger partial charge is 0.243 e. The van der Waals surface area contributed by atoms with Gasteiger partial charge in [-0.15, -0.1) is 11.3 Å². The van der Waals surface area contributed by atoms with Crippen LogP contribution in [0.4, 0.5) is 10.1 Å². The van der Waals surface area contributed by atoms with E-state index in [2.05, 4.69) is 9.71 Å². The summed E-state index contributed by atoms with van der Waals surface area (Å²) in [6.45, 7) is 3.69. The Morgan fingerprint density at radius 3 is 2.81 bits per heavy atom. The van der Waals surface area contributed by atoms with Crippen molar-refractivity contribution in [3.8, 4) is 0 Å². The standard InChI is InChI=1S/C13H16FN3O2S2/c1-3-10-7-16-13(20-10)8(2)17-21(18,19)12-6-9(14)4-5-11(12)15/h4-8,17H,3,15H2,1-2H3. The number of rotatable bonds is 5. The lowest BCUT2D eigenvalue weighted by atomic mass is 10.3. The Labute approximate surface area is 127 Å². The van der Waals surface area contributed by atoms with E-state index in [1.807, 2.05) is 6.92 Å². The first-order chi connectivity index (χ1) is 9.83. The summed E-state index contributed by atoms with van der Waals surface area (Å²) in [7, 11) is -3.91. The van der Waals surface area contributed by atoms with Crippen LogP contribution in [0.5, 0.6) is 0 Å². The van der Waals surface area contributed by atoms with Gasteiger partial charge in [-0.05, 0) is 31.5 Å². The van der Waals surface area contributed by atoms with Gasteiger partial charge in [0.15, 0.2) is 0 Å². The molecule has 0 fully saturated rings. The highest BCUT2D eigenvalue weighted by molar-refractivity contribution is 7.89. The van der Waals surface area contributed by atoms with Gasteiger partial charge in [-0.1, -0.05) is 6.92 Å². The number of aryl methyl sites for hydroxylation is 1. The van der Waals surface area contributed by atoms with E-state index in [-0.39, 0.29) is 10.6 Å². The van der Waals surface area contributed by atoms with E-state index >= 15 is 0 Å². The minimum Gasteiger partial charge on any atom is -0.398 e. The Morgan fingerprint density at radius 1 is 1.48 bits per heavy atom. The molecule has 1 aromatic carbocycles. The fourth-order valence-electron chi connectivity index (χ4n) is 1.77. The number of hydrogen-bond acceptors (Lipinski definition) is 5. The first-order valence-electron chi connectivity index (χ1n) is 6.35. The van der Waals surface area contributed by atoms with Crippen LogP contribution < -0.4 is 10.5 Å². The highest BCUT2D eigenvalue weighted by Gasteiger charge is 2.23. The second-order valence-corrected chi connectivity index (χ2v) is 7.37. The van der Waals surface area contributed by atoms with Crippen molar-refractivity contribution in [2.75, 3.05) is 5.73 Å². The lowest BCUT2D eigenvalue weighted by Crippen LogP contribution is -2.27. The van der Waals surface area contributed by atoms with Crippen LogP contribution >= 0.6 is 11.3 Å². The third kappa shape index (κ3) is 3.58. The molecule has 5 nitrogen and oxygen atoms in total. The molecular formula is C13H16FN3O2S2. The van der Waals surface area contributed by atoms with E-state index < -0.39 is 21.9 Å². The first-order valence-corrected chi connectivity index (χ1v) is 8.65. The molecule has 0 amide bonds. The second kappa shape index (κ2) is 6.08. The van der Waals surface area contributed by atoms with Crippen LogP contribution in [0.2, 0.25) is 0 Å². The number of hydrogen-bond donors (Lipinski definition) is 2. The number of aromatic nitrogens is 1. The molecule has 1 aromatic heterocycles. The number of nitrogens with zero attached hydrogens (tertiary/aromatic N) is 1. The molecule has 8 heteroatoms. The average Bonchev–Trinajstić information content (AvgIpc) is 2.90. The molecule has 2 rings (SSSR count). The summed E-state index contributed by atoms with van der Waals surface area (Å²) in [5.41, 5.74) is 5.62. The Balaban J connectivity index is 2.26. The molecule has 21 heavy (non-hydrogen) atoms. The summed E-state index contributed by atoms with van der Waals surface area (Å²) >= 11 is 1.44. The number of anilines is 1. The molecular weight excluding hydrogens is 313 g/mol. The van der Waals surface area contributed by atoms with Crippen molar-refractivity contribution in [1.29, 1.82) is 0 Å². The number of thiazole rings is 1. The highest BCUT2D eigenvalue weighted by atomic mass is 32.2. The Morgan fingerprint density at radius 2 is 2.19 bits per heavy atom. The lowest BCUT2D eigenvalue weighted by molar-refractivity contribution is 0.564. The zero-order chi connectivity index (χ0) is 15.6. The highest BCUT2D eigenvalue weighted by Crippen LogP contribution is 2.24. The van der Waals surface area contributed by atoms with E-state index in [4.69, 9.17) is 5.73 Å². The fourth-order valence-corrected chi connectivity index (χ4v) is 4.06. The molecule has 1 unspecified atom stereocenters. The van der Waals surface area contributed by atoms with Gasteiger partial charge in [0, 0.05) is 11.1 Å². The van der Waals surface area contributed by atoms with Gasteiger partial charge in [0.2, 0.25) is 10.0 Å². The third-order valence-electron chi connectivity index (χ3n) is 2.89. The molecule has 0 bridgehead atoms. The maximum Gasteiger partial charge on any atom is 0.243 e. The van der Waals surface area contributed by atoms with E-state index in [0.29, 0.717) is 5.01 Å². The van der Waals surface area contributed by atoms with Gasteiger partial charge in [-0.2, -0.15) is 0 Å². The lowest BCUT2D eigenvalue weighted by Gasteiger charge is -2.13. The normalized spacial score (nSPS) is 13.3. The van der Waals surface area contributed by atoms with Gasteiger partial charge in [0.1, 0.15) is 15.7 Å². The van der Waals surface area contributed by atoms with Crippen LogP contribution in [0.25, 0.3) is 0 Å². The molecule has 114 valence electrons. The molecule has 3 N–H and O–H groups in total. The monoisotopic (exact) mass is 329 g/mol. The number of nitrogen functional groups attached to an aromatic ring is 1. The molecule has 0 spiro atoms. The summed E-state index contributed by atoms with van der Waals surface area (Å²) in [6, 6.07) is 2.74. The van der Waals surface area contributed by atoms with Gasteiger partial charge in [0.25, 0.3) is 0 Å². The van der Waals surface area contributed by atoms with Gasteiger partial charge >= 0.3 is 0 Å². The maximum absolute atomic E-state index is 13.2. The van der Waals surface area contributed by atoms with Gasteiger partial charge in [0.05, 0.1) is 11.7 Å². The minimum absolute atomic E-state index is 0.00415. The zero-order valence-electron chi connectivity index (χ0n) is 11.6. The van der Waals surface area contributed by atoms with E-state index in [0.717, 1.165) is 23.4 Å². The van der Waals surface area contributed by atoms with E-state index in [1.54, 1.807) is 13.1 Å². The number of nitrogens with one attached hydrogen (secondary N) is 1. The van der Waals surface area contributed by atoms with Crippen LogP contribution in [-0.4, -0.2) is 13.4 Å². The summed E-state index contributed by atoms with van der Waals surface area (Å²) in [5.74, 6) is -0.653. The van der Waals surface area contributed by atoms with E-state index in [9.17, 15) is 12.8 Å². The van der Waals surface area contributed by atoms with Crippen LogP contribution in [0.15, 0.2) is 29.3 Å². The van der Waals surface area contributed by atoms with Crippen molar-refractivity contribution >= 4 is 27.0 Å². The van der Waals surface area contributed by atoms with Crippen molar-refractivity contribution in [3.63, 3.8) is 0 Å². The largest absolute Gasteiger partial charge is 0.398 e. The fraction of sp³-hybridized carbons (Fsp3) is 0.308. The van der Waals surface area contributed by atoms with Crippen molar-refractivity contribution < 1.29 is 12.8 Å². The molecule has 0 saturated carbocycles. The molecule has 0 aliphatic carbocycles. The third-order valence-corrected chi connectivity index (χ3v) is 5.81. The summed E-state index contributed by atoms with van der Waals surface area (Å²) in [5, 5.41) is 0.658. The second-order valence-electron chi connectivity index (χ2n) is 4.54. The molecule has 2 aromatic rings. The van der Waals surface area contributed by atoms with E-state index in [1.165, 1.54) is 17.4 Å². The Bertz CT molecular complexity index is 744. The van der Waals surface area contributed by atoms with Gasteiger partial charge in [-0.3, -0.25) is 0 Å². The first kappa shape index (κ1) is 15.9. The van der Waals surface area contributed by atoms with Gasteiger partial charge in [-0.25, -0.2) is 22.5 Å². The van der Waals surface area contributed by atoms with Crippen LogP contribution in [0.3, 0.4) is 0 Å². The van der Waals surface area contributed by atoms with Crippen molar-refractivity contribution in [2.24, 2.45) is 0 Å². The Kier molecular flexibility index (Phi) is 4.60. The molecule has 0 aliphatic rings. The number of sulfonamides is 1. The zero-order valence-corrected chi connectivity index (χ0v) is 13.3. The number of halogens is 1. The molecule has 1 atom stereocenters. The topological polar surface area (TPSA) is 85.1 Å². The average molecular weight is 329 g/mol. The van der Waals surface area contributed by atoms with Crippen LogP contribution in [0.1, 0.15) is 29.8 Å². The Hall–Kier alpha value is -1.51. The van der Waals surface area contributed by atoms with Crippen molar-refractivity contribution in [3.05, 3.63) is 40.1 Å². The van der Waals surface area contributed by atoms with Gasteiger partial charge < -0.3 is 5.73 Å². The quantitative estimate of drug-likeness (QED) is 0.825. The predicted molar refractivity (Wildman–Crippen MR) is 81.0 cm³/mol. The van der Waals surface area contributed by atoms with Crippen LogP contribution in [-0.2, 0) is 16.4 Å². The predicted octanol–water partition coefficient (Wildman–Crippen LogP) is 2.47. The summed E-state index contributed by atoms with van der Waals surface area (Å²) < 4.78 is 40.3. The maximum atomic E-state index is 13.2. The number of nitrogens with two attached hydrogens (primary N) is 1.